The summed E-state index contributed by atoms with van der Waals surface area (Å²) < 4.78 is 175. The van der Waals surface area contributed by atoms with E-state index >= 15 is 0 Å². The lowest BCUT2D eigenvalue weighted by Crippen LogP contribution is -2.53. The van der Waals surface area contributed by atoms with E-state index in [1.54, 1.807) is 123 Å². The number of aryl methyl sites for hydroxylation is 1. The summed E-state index contributed by atoms with van der Waals surface area (Å²) in [5.41, 5.74) is -3.36. The summed E-state index contributed by atoms with van der Waals surface area (Å²) in [5, 5.41) is 0.0863. The first kappa shape index (κ1) is 47.3. The average Bonchev–Trinajstić information content (AvgIpc) is 1.38. The second-order valence-corrected chi connectivity index (χ2v) is 26.2. The van der Waals surface area contributed by atoms with Crippen molar-refractivity contribution in [2.75, 3.05) is 49.9 Å². The fourth-order valence-electron chi connectivity index (χ4n) is 7.90. The number of likely N-dealkylation sites (tertiary alicyclic amines) is 2. The number of anilines is 2. The molecular weight excluding hydrogens is 1080 g/mol. The van der Waals surface area contributed by atoms with Gasteiger partial charge < -0.3 is 48.0 Å². The van der Waals surface area contributed by atoms with Crippen LogP contribution in [0.25, 0.3) is 22.1 Å². The number of ether oxygens (including phenoxy) is 6. The van der Waals surface area contributed by atoms with E-state index < -0.39 is 133 Å². The highest BCUT2D eigenvalue weighted by atomic mass is 32.2. The second-order valence-electron chi connectivity index (χ2n) is 24.4. The molecule has 0 spiro atoms. The number of nitrogens with zero attached hydrogens (tertiary/aromatic N) is 10. The molecule has 4 atom stereocenters. The Morgan fingerprint density at radius 1 is 0.561 bits per heavy atom. The van der Waals surface area contributed by atoms with Crippen molar-refractivity contribution in [2.45, 2.75) is 182 Å². The topological polar surface area (TPSA) is 249 Å². The Morgan fingerprint density at radius 3 is 1.38 bits per heavy atom. The Bertz CT molecular complexity index is 3710. The zero-order valence-corrected chi connectivity index (χ0v) is 50.2. The molecule has 0 bridgehead atoms. The van der Waals surface area contributed by atoms with E-state index in [-0.39, 0.29) is 77.6 Å². The predicted molar refractivity (Wildman–Crippen MR) is 312 cm³/mol. The Morgan fingerprint density at radius 2 is 0.963 bits per heavy atom. The van der Waals surface area contributed by atoms with E-state index in [1.165, 1.54) is 46.5 Å². The normalized spacial score (nSPS) is 21.1. The van der Waals surface area contributed by atoms with Crippen molar-refractivity contribution in [1.29, 1.82) is 0 Å². The molecule has 2 amide bonds. The van der Waals surface area contributed by atoms with Crippen molar-refractivity contribution in [3.63, 3.8) is 0 Å². The van der Waals surface area contributed by atoms with Gasteiger partial charge in [-0.25, -0.2) is 60.9 Å². The zero-order chi connectivity index (χ0) is 73.4. The third-order valence-corrected chi connectivity index (χ3v) is 13.2. The number of piperidine rings is 2. The van der Waals surface area contributed by atoms with E-state index in [2.05, 4.69) is 24.7 Å². The summed E-state index contributed by atoms with van der Waals surface area (Å²) >= 11 is 0. The number of aromatic nitrogens is 6. The highest BCUT2D eigenvalue weighted by Crippen LogP contribution is 2.33. The second kappa shape index (κ2) is 25.5. The molecule has 2 fully saturated rings. The molecule has 82 heavy (non-hydrogen) atoms. The molecule has 23 nitrogen and oxygen atoms in total. The fourth-order valence-corrected chi connectivity index (χ4v) is 9.20. The first-order valence-electron chi connectivity index (χ1n) is 33.2. The lowest BCUT2D eigenvalue weighted by atomic mass is 9.92. The van der Waals surface area contributed by atoms with Gasteiger partial charge in [0, 0.05) is 69.0 Å². The van der Waals surface area contributed by atoms with Crippen LogP contribution in [0, 0.1) is 18.8 Å². The van der Waals surface area contributed by atoms with Crippen LogP contribution < -0.4 is 9.80 Å². The molecule has 2 aliphatic rings. The third kappa shape index (κ3) is 18.1. The van der Waals surface area contributed by atoms with E-state index in [4.69, 9.17) is 42.9 Å². The van der Waals surface area contributed by atoms with Gasteiger partial charge in [0.1, 0.15) is 55.0 Å². The molecule has 6 heterocycles. The van der Waals surface area contributed by atoms with Gasteiger partial charge in [-0.1, -0.05) is 31.4 Å². The molecule has 0 radical (unpaired) electrons. The molecule has 0 aliphatic carbocycles. The summed E-state index contributed by atoms with van der Waals surface area (Å²) in [7, 11) is -4.21. The number of likely N-dealkylation sites (N-methyl/N-ethyl adjacent to an activating group) is 2. The van der Waals surface area contributed by atoms with E-state index in [0.29, 0.717) is 0 Å². The van der Waals surface area contributed by atoms with Gasteiger partial charge in [0.05, 0.1) is 27.8 Å². The van der Waals surface area contributed by atoms with Gasteiger partial charge >= 0.3 is 30.6 Å². The van der Waals surface area contributed by atoms with Gasteiger partial charge in [-0.05, 0) is 160 Å². The molecule has 24 heteroatoms. The molecule has 4 aromatic heterocycles. The Kier molecular flexibility index (Phi) is 14.7. The van der Waals surface area contributed by atoms with Crippen molar-refractivity contribution in [2.24, 2.45) is 11.8 Å². The minimum Gasteiger partial charge on any atom is -0.444 e. The fraction of sp³-hybridized carbons (Fsp3) is 0.603. The predicted octanol–water partition coefficient (Wildman–Crippen LogP) is 11.2. The molecule has 2 aliphatic heterocycles. The number of hydrogen-bond donors (Lipinski definition) is 0. The summed E-state index contributed by atoms with van der Waals surface area (Å²) in [5.74, 6) is -2.94. The van der Waals surface area contributed by atoms with Crippen molar-refractivity contribution >= 4 is 74.3 Å². The smallest absolute Gasteiger partial charge is 0.444 e. The molecule has 452 valence electrons. The van der Waals surface area contributed by atoms with Crippen molar-refractivity contribution < 1.29 is 80.0 Å². The first-order valence-corrected chi connectivity index (χ1v) is 27.7. The standard InChI is InChI=1S/C25H33N5O4S.C23H35N5O4.C10H18O5/c1-17-7-9-19(10-8-17)35(32,33)30-14-12-20-22(26-16-27-23(20)30)28(6)21-15-29(13-11-18(21)2)24(31)34-25(3,4)5;1-15-9-11-27(20(29)31-22(2,3)4)13-17(15)26(8)18-16-10-12-28(19(16)25-14-24-18)21(30)32-23(5,6)7;1-9(2,3)14-7(11)13-8(12)15-10(4,5)6/h7-10,12,14,16,18,21H,11,13,15H2,1-6H3;10,12,14-15,17H,9,11,13H2,1-8H3;1-6H3/i2D3,6D3,16D;1D3,8D3,14D;. The van der Waals surface area contributed by atoms with Gasteiger partial charge in [0.25, 0.3) is 10.0 Å². The zero-order valence-electron chi connectivity index (χ0n) is 63.4. The molecule has 5 aromatic rings. The first-order chi connectivity index (χ1) is 43.3. The van der Waals surface area contributed by atoms with E-state index in [9.17, 15) is 32.4 Å². The minimum absolute atomic E-state index is 0.0171. The quantitative estimate of drug-likeness (QED) is 0.0870. The maximum Gasteiger partial charge on any atom is 0.519 e. The highest BCUT2D eigenvalue weighted by molar-refractivity contribution is 7.90. The number of fused-ring (bicyclic) bond motifs is 2. The average molecular weight is 1180 g/mol. The van der Waals surface area contributed by atoms with Crippen LogP contribution in [0.15, 0.2) is 66.3 Å². The number of hydrogen-bond acceptors (Lipinski definition) is 19. The summed E-state index contributed by atoms with van der Waals surface area (Å²) in [4.78, 5) is 80.9. The van der Waals surface area contributed by atoms with Crippen LogP contribution in [0.1, 0.15) is 155 Å². The van der Waals surface area contributed by atoms with Gasteiger partial charge in [-0.3, -0.25) is 0 Å². The van der Waals surface area contributed by atoms with Crippen molar-refractivity contribution in [3.8, 4) is 0 Å². The maximum absolute atomic E-state index is 13.5. The molecule has 0 N–H and O–H groups in total. The third-order valence-electron chi connectivity index (χ3n) is 11.5. The Labute approximate surface area is 502 Å². The van der Waals surface area contributed by atoms with Crippen LogP contribution >= 0.6 is 0 Å². The molecule has 7 rings (SSSR count). The SMILES string of the molecule is CC(C)(C)OC(=O)OC(=O)OC(C)(C)C.[2H]c1nc(N(C2CN(C(=O)OC(C)(C)C)CCC2C([2H])([2H])[2H])C([2H])([2H])[2H])c2ccn(C(=O)OC(C)(C)C)c2n1.[2H]c1nc(N(C2CN(C(=O)OC(C)(C)C)CCC2C([2H])([2H])[2H])C([2H])([2H])[2H])c2ccn(S(=O)(=O)c3ccc(C)cc3)c2n1. The number of carbonyl (C=O) groups excluding carboxylic acids is 5. The van der Waals surface area contributed by atoms with Crippen LogP contribution in [0.5, 0.6) is 0 Å². The van der Waals surface area contributed by atoms with Crippen LogP contribution in [0.4, 0.5) is 35.6 Å². The maximum atomic E-state index is 13.5. The van der Waals surface area contributed by atoms with E-state index in [0.717, 1.165) is 23.9 Å². The van der Waals surface area contributed by atoms with Gasteiger partial charge in [0.15, 0.2) is 11.3 Å². The van der Waals surface area contributed by atoms with Gasteiger partial charge in [-0.2, -0.15) is 0 Å². The summed E-state index contributed by atoms with van der Waals surface area (Å²) in [6, 6.07) is 6.24. The lowest BCUT2D eigenvalue weighted by Gasteiger charge is -2.42. The minimum atomic E-state index is -4.21. The van der Waals surface area contributed by atoms with Crippen molar-refractivity contribution in [1.82, 2.24) is 38.3 Å². The molecule has 4 unspecified atom stereocenters. The van der Waals surface area contributed by atoms with Crippen LogP contribution in [0.2, 0.25) is 0 Å². The van der Waals surface area contributed by atoms with Gasteiger partial charge in [-0.15, -0.1) is 0 Å². The summed E-state index contributed by atoms with van der Waals surface area (Å²) in [6.07, 6.45) is -3.17. The van der Waals surface area contributed by atoms with E-state index in [1.807, 2.05) is 0 Å². The van der Waals surface area contributed by atoms with Gasteiger partial charge in [0.2, 0.25) is 0 Å². The molecule has 2 saturated heterocycles. The lowest BCUT2D eigenvalue weighted by molar-refractivity contribution is -0.0295. The Balaban J connectivity index is 0.000000288. The number of carbonyl (C=O) groups is 5. The van der Waals surface area contributed by atoms with Crippen molar-refractivity contribution in [3.05, 3.63) is 67.0 Å². The monoisotopic (exact) mass is 1180 g/mol. The number of benzene rings is 1. The molecular formula is C58H86N10O13S. The van der Waals surface area contributed by atoms with Crippen LogP contribution in [0.3, 0.4) is 0 Å². The Hall–Kier alpha value is -7.24. The molecule has 1 aromatic carbocycles. The summed E-state index contributed by atoms with van der Waals surface area (Å²) in [6.45, 7) is 15.3. The van der Waals surface area contributed by atoms with Crippen LogP contribution in [-0.4, -0.2) is 158 Å². The number of amides is 2. The van der Waals surface area contributed by atoms with Crippen LogP contribution in [-0.2, 0) is 38.4 Å². The highest BCUT2D eigenvalue weighted by Gasteiger charge is 2.37. The number of rotatable bonds is 6. The molecule has 0 saturated carbocycles. The largest absolute Gasteiger partial charge is 0.519 e.